The lowest BCUT2D eigenvalue weighted by atomic mass is 10.2. The molecule has 20 heavy (non-hydrogen) atoms. The molecule has 106 valence electrons. The van der Waals surface area contributed by atoms with Gasteiger partial charge in [0.2, 0.25) is 11.5 Å². The molecule has 8 heteroatoms. The molecule has 0 aromatic carbocycles. The molecule has 1 atom stereocenters. The van der Waals surface area contributed by atoms with Gasteiger partial charge in [-0.05, 0) is 32.5 Å². The van der Waals surface area contributed by atoms with Gasteiger partial charge < -0.3 is 9.29 Å². The van der Waals surface area contributed by atoms with Crippen molar-refractivity contribution in [2.24, 2.45) is 4.40 Å². The summed E-state index contributed by atoms with van der Waals surface area (Å²) in [5, 5.41) is 0. The Bertz CT molecular complexity index is 597. The normalized spacial score (nSPS) is 18.4. The zero-order valence-corrected chi connectivity index (χ0v) is 13.8. The number of nitrogens with zero attached hydrogens (tertiary/aromatic N) is 2. The van der Waals surface area contributed by atoms with Gasteiger partial charge in [0.15, 0.2) is 5.70 Å². The Morgan fingerprint density at radius 3 is 3.00 bits per heavy atom. The highest BCUT2D eigenvalue weighted by Crippen LogP contribution is 2.27. The van der Waals surface area contributed by atoms with Crippen molar-refractivity contribution in [2.45, 2.75) is 0 Å². The third-order valence-electron chi connectivity index (χ3n) is 2.42. The van der Waals surface area contributed by atoms with E-state index in [9.17, 15) is 9.35 Å². The average Bonchev–Trinajstić information content (AvgIpc) is 2.86. The van der Waals surface area contributed by atoms with E-state index < -0.39 is 17.5 Å². The number of carbonyl (C=O) groups is 1. The number of methoxy groups -OCH3 is 1. The summed E-state index contributed by atoms with van der Waals surface area (Å²) in [5.74, 6) is -0.553. The number of allylic oxidation sites excluding steroid dienone is 1. The molecule has 1 aromatic rings. The van der Waals surface area contributed by atoms with Crippen molar-refractivity contribution < 1.29 is 14.1 Å². The fraction of sp³-hybridized carbons (Fsp3) is 0.167. The van der Waals surface area contributed by atoms with Gasteiger partial charge in [0.05, 0.1) is 22.3 Å². The second kappa shape index (κ2) is 6.57. The highest BCUT2D eigenvalue weighted by atomic mass is 79.9. The Morgan fingerprint density at radius 2 is 2.45 bits per heavy atom. The van der Waals surface area contributed by atoms with Gasteiger partial charge in [-0.15, -0.1) is 17.9 Å². The van der Waals surface area contributed by atoms with E-state index in [0.717, 1.165) is 8.66 Å². The number of ether oxygens (including phenoxy) is 1. The van der Waals surface area contributed by atoms with Crippen molar-refractivity contribution in [3.63, 3.8) is 0 Å². The van der Waals surface area contributed by atoms with Crippen LogP contribution in [0.15, 0.2) is 44.7 Å². The van der Waals surface area contributed by atoms with Crippen molar-refractivity contribution in [1.82, 2.24) is 4.31 Å². The number of hydrogen-bond donors (Lipinski definition) is 0. The van der Waals surface area contributed by atoms with Gasteiger partial charge in [0, 0.05) is 6.08 Å². The van der Waals surface area contributed by atoms with Gasteiger partial charge >= 0.3 is 5.97 Å². The van der Waals surface area contributed by atoms with Crippen LogP contribution >= 0.6 is 27.3 Å². The quantitative estimate of drug-likeness (QED) is 0.461. The van der Waals surface area contributed by atoms with Gasteiger partial charge in [0.25, 0.3) is 0 Å². The third kappa shape index (κ3) is 3.14. The zero-order chi connectivity index (χ0) is 14.7. The molecule has 2 rings (SSSR count). The Hall–Kier alpha value is -1.09. The van der Waals surface area contributed by atoms with E-state index in [1.807, 2.05) is 12.1 Å². The second-order valence-corrected chi connectivity index (χ2v) is 7.23. The highest BCUT2D eigenvalue weighted by molar-refractivity contribution is 9.11. The van der Waals surface area contributed by atoms with E-state index in [2.05, 4.69) is 26.9 Å². The SMILES string of the molecule is C=CCN1C(C(=O)OC)=CC(c2ccc(Br)s2)=N[S+]1[O-]. The van der Waals surface area contributed by atoms with Crippen LogP contribution in [-0.2, 0) is 21.1 Å². The molecule has 0 radical (unpaired) electrons. The lowest BCUT2D eigenvalue weighted by molar-refractivity contribution is -0.137. The number of esters is 1. The Morgan fingerprint density at radius 1 is 1.70 bits per heavy atom. The monoisotopic (exact) mass is 374 g/mol. The lowest BCUT2D eigenvalue weighted by Gasteiger charge is -2.24. The van der Waals surface area contributed by atoms with E-state index in [0.29, 0.717) is 5.71 Å². The number of halogens is 1. The van der Waals surface area contributed by atoms with Crippen LogP contribution in [0.5, 0.6) is 0 Å². The van der Waals surface area contributed by atoms with Gasteiger partial charge in [-0.1, -0.05) is 6.08 Å². The molecule has 1 unspecified atom stereocenters. The summed E-state index contributed by atoms with van der Waals surface area (Å²) in [6.07, 6.45) is 3.13. The Kier molecular flexibility index (Phi) is 5.03. The first-order valence-electron chi connectivity index (χ1n) is 5.51. The summed E-state index contributed by atoms with van der Waals surface area (Å²) in [6.45, 7) is 3.83. The van der Waals surface area contributed by atoms with Crippen LogP contribution < -0.4 is 0 Å². The predicted octanol–water partition coefficient (Wildman–Crippen LogP) is 2.44. The van der Waals surface area contributed by atoms with Crippen LogP contribution in [0.4, 0.5) is 0 Å². The fourth-order valence-corrected chi connectivity index (χ4v) is 3.91. The second-order valence-electron chi connectivity index (χ2n) is 3.68. The molecule has 0 N–H and O–H groups in total. The Balaban J connectivity index is 2.41. The first-order chi connectivity index (χ1) is 9.56. The third-order valence-corrected chi connectivity index (χ3v) is 5.14. The van der Waals surface area contributed by atoms with Crippen LogP contribution in [0.1, 0.15) is 4.88 Å². The number of rotatable bonds is 4. The van der Waals surface area contributed by atoms with Crippen molar-refractivity contribution >= 4 is 50.5 Å². The molecule has 5 nitrogen and oxygen atoms in total. The molecule has 0 fully saturated rings. The average molecular weight is 375 g/mol. The topological polar surface area (TPSA) is 65.0 Å². The first kappa shape index (κ1) is 15.3. The molecule has 0 amide bonds. The maximum absolute atomic E-state index is 12.2. The van der Waals surface area contributed by atoms with Gasteiger partial charge in [-0.3, -0.25) is 0 Å². The Labute approximate surface area is 132 Å². The maximum atomic E-state index is 12.2. The molecule has 0 bridgehead atoms. The maximum Gasteiger partial charge on any atom is 0.359 e. The van der Waals surface area contributed by atoms with E-state index >= 15 is 0 Å². The standard InChI is InChI=1S/C12H11BrN2O3S2/c1-3-6-15-9(12(16)18-2)7-8(14-20(15)17)10-4-5-11(13)19-10/h3-5,7H,1,6H2,2H3. The summed E-state index contributed by atoms with van der Waals surface area (Å²) in [4.78, 5) is 12.6. The van der Waals surface area contributed by atoms with E-state index in [-0.39, 0.29) is 12.2 Å². The minimum absolute atomic E-state index is 0.209. The summed E-state index contributed by atoms with van der Waals surface area (Å²) < 4.78 is 23.3. The van der Waals surface area contributed by atoms with Crippen LogP contribution in [0.3, 0.4) is 0 Å². The molecule has 1 aliphatic rings. The smallest absolute Gasteiger partial charge is 0.359 e. The van der Waals surface area contributed by atoms with Crippen molar-refractivity contribution in [3.05, 3.63) is 45.2 Å². The predicted molar refractivity (Wildman–Crippen MR) is 83.7 cm³/mol. The molecular formula is C12H11BrN2O3S2. The highest BCUT2D eigenvalue weighted by Gasteiger charge is 2.33. The summed E-state index contributed by atoms with van der Waals surface area (Å²) in [5.41, 5.74) is 0.708. The van der Waals surface area contributed by atoms with E-state index in [1.54, 1.807) is 12.2 Å². The minimum Gasteiger partial charge on any atom is -0.566 e. The summed E-state index contributed by atoms with van der Waals surface area (Å²) in [7, 11) is 1.28. The van der Waals surface area contributed by atoms with Crippen LogP contribution in [0.2, 0.25) is 0 Å². The van der Waals surface area contributed by atoms with Crippen molar-refractivity contribution in [2.75, 3.05) is 13.7 Å². The van der Waals surface area contributed by atoms with Crippen LogP contribution in [0, 0.1) is 0 Å². The van der Waals surface area contributed by atoms with Crippen molar-refractivity contribution in [1.29, 1.82) is 0 Å². The van der Waals surface area contributed by atoms with E-state index in [4.69, 9.17) is 4.74 Å². The molecule has 0 saturated carbocycles. The first-order valence-corrected chi connectivity index (χ1v) is 8.19. The fourth-order valence-electron chi connectivity index (χ4n) is 1.56. The minimum atomic E-state index is -1.68. The van der Waals surface area contributed by atoms with Gasteiger partial charge in [0.1, 0.15) is 5.71 Å². The largest absolute Gasteiger partial charge is 0.566 e. The molecule has 0 spiro atoms. The summed E-state index contributed by atoms with van der Waals surface area (Å²) >= 11 is 3.13. The molecule has 0 aliphatic carbocycles. The zero-order valence-electron chi connectivity index (χ0n) is 10.5. The van der Waals surface area contributed by atoms with Gasteiger partial charge in [-0.25, -0.2) is 4.79 Å². The number of hydrogen-bond acceptors (Lipinski definition) is 6. The van der Waals surface area contributed by atoms with Crippen LogP contribution in [0.25, 0.3) is 0 Å². The van der Waals surface area contributed by atoms with Crippen LogP contribution in [-0.4, -0.2) is 34.2 Å². The summed E-state index contributed by atoms with van der Waals surface area (Å²) in [6, 6.07) is 3.71. The van der Waals surface area contributed by atoms with Gasteiger partial charge in [-0.2, -0.15) is 4.31 Å². The lowest BCUT2D eigenvalue weighted by Crippen LogP contribution is -2.36. The number of thiophene rings is 1. The molecular weight excluding hydrogens is 364 g/mol. The molecule has 0 saturated heterocycles. The molecule has 1 aliphatic heterocycles. The molecule has 1 aromatic heterocycles. The van der Waals surface area contributed by atoms with Crippen molar-refractivity contribution in [3.8, 4) is 0 Å². The molecule has 2 heterocycles. The number of carbonyl (C=O) groups excluding carboxylic acids is 1. The van der Waals surface area contributed by atoms with E-state index in [1.165, 1.54) is 22.8 Å².